The van der Waals surface area contributed by atoms with Crippen LogP contribution in [0.4, 0.5) is 5.69 Å². The molecule has 1 amide bonds. The third-order valence-electron chi connectivity index (χ3n) is 5.01. The van der Waals surface area contributed by atoms with Gasteiger partial charge in [0, 0.05) is 17.3 Å². The van der Waals surface area contributed by atoms with E-state index < -0.39 is 17.7 Å². The van der Waals surface area contributed by atoms with Gasteiger partial charge in [-0.2, -0.15) is 0 Å². The van der Waals surface area contributed by atoms with Gasteiger partial charge in [-0.1, -0.05) is 66.7 Å². The van der Waals surface area contributed by atoms with Gasteiger partial charge in [0.05, 0.1) is 18.2 Å². The molecule has 1 N–H and O–H groups in total. The average Bonchev–Trinajstić information content (AvgIpc) is 3.05. The Bertz CT molecular complexity index is 1110. The molecule has 30 heavy (non-hydrogen) atoms. The van der Waals surface area contributed by atoms with Crippen molar-refractivity contribution in [3.8, 4) is 5.75 Å². The number of aliphatic hydroxyl groups is 1. The van der Waals surface area contributed by atoms with Crippen molar-refractivity contribution in [2.75, 3.05) is 11.5 Å². The van der Waals surface area contributed by atoms with Crippen LogP contribution in [0.3, 0.4) is 0 Å². The maximum atomic E-state index is 13.1. The van der Waals surface area contributed by atoms with Crippen LogP contribution in [0, 0.1) is 0 Å². The molecule has 150 valence electrons. The summed E-state index contributed by atoms with van der Waals surface area (Å²) >= 11 is 0. The average molecular weight is 399 g/mol. The van der Waals surface area contributed by atoms with Crippen LogP contribution in [-0.2, 0) is 9.59 Å². The topological polar surface area (TPSA) is 66.8 Å². The van der Waals surface area contributed by atoms with E-state index in [9.17, 15) is 14.7 Å². The van der Waals surface area contributed by atoms with E-state index in [4.69, 9.17) is 4.74 Å². The van der Waals surface area contributed by atoms with Crippen LogP contribution in [-0.4, -0.2) is 23.4 Å². The molecule has 4 rings (SSSR count). The first kappa shape index (κ1) is 19.5. The molecule has 0 aliphatic carbocycles. The SMILES string of the molecule is CCOc1cccc(N2C(=O)C(=O)/C(=C(/O)c3ccccc3)C2c2ccccc2)c1. The Balaban J connectivity index is 1.91. The molecule has 1 fully saturated rings. The molecule has 0 radical (unpaired) electrons. The van der Waals surface area contributed by atoms with Gasteiger partial charge in [0.2, 0.25) is 0 Å². The lowest BCUT2D eigenvalue weighted by atomic mass is 9.95. The molecule has 0 bridgehead atoms. The van der Waals surface area contributed by atoms with Crippen molar-refractivity contribution in [3.63, 3.8) is 0 Å². The largest absolute Gasteiger partial charge is 0.507 e. The monoisotopic (exact) mass is 399 g/mol. The Morgan fingerprint density at radius 1 is 0.933 bits per heavy atom. The van der Waals surface area contributed by atoms with Crippen molar-refractivity contribution in [2.45, 2.75) is 13.0 Å². The first-order valence-electron chi connectivity index (χ1n) is 9.76. The molecular formula is C25H21NO4. The number of aliphatic hydroxyl groups excluding tert-OH is 1. The van der Waals surface area contributed by atoms with Crippen LogP contribution >= 0.6 is 0 Å². The summed E-state index contributed by atoms with van der Waals surface area (Å²) in [5.74, 6) is -0.986. The fourth-order valence-electron chi connectivity index (χ4n) is 3.69. The first-order valence-corrected chi connectivity index (χ1v) is 9.76. The summed E-state index contributed by atoms with van der Waals surface area (Å²) in [6.07, 6.45) is 0. The Kier molecular flexibility index (Phi) is 5.35. The van der Waals surface area contributed by atoms with Crippen molar-refractivity contribution in [3.05, 3.63) is 102 Å². The molecule has 3 aromatic carbocycles. The summed E-state index contributed by atoms with van der Waals surface area (Å²) in [4.78, 5) is 27.6. The minimum Gasteiger partial charge on any atom is -0.507 e. The zero-order chi connectivity index (χ0) is 21.1. The van der Waals surface area contributed by atoms with Gasteiger partial charge in [0.25, 0.3) is 11.7 Å². The van der Waals surface area contributed by atoms with E-state index in [0.717, 1.165) is 5.56 Å². The molecule has 1 saturated heterocycles. The summed E-state index contributed by atoms with van der Waals surface area (Å²) in [6, 6.07) is 24.3. The van der Waals surface area contributed by atoms with Gasteiger partial charge >= 0.3 is 0 Å². The van der Waals surface area contributed by atoms with E-state index in [1.54, 1.807) is 48.5 Å². The number of ketones is 1. The molecule has 3 aromatic rings. The Labute approximate surface area is 174 Å². The van der Waals surface area contributed by atoms with Gasteiger partial charge in [-0.3, -0.25) is 14.5 Å². The Hall–Kier alpha value is -3.86. The summed E-state index contributed by atoms with van der Waals surface area (Å²) in [7, 11) is 0. The predicted octanol–water partition coefficient (Wildman–Crippen LogP) is 4.71. The minimum absolute atomic E-state index is 0.0687. The van der Waals surface area contributed by atoms with Crippen molar-refractivity contribution < 1.29 is 19.4 Å². The molecule has 1 atom stereocenters. The van der Waals surface area contributed by atoms with Crippen LogP contribution < -0.4 is 9.64 Å². The maximum absolute atomic E-state index is 13.1. The Morgan fingerprint density at radius 3 is 2.27 bits per heavy atom. The number of hydrogen-bond donors (Lipinski definition) is 1. The molecule has 0 aromatic heterocycles. The van der Waals surface area contributed by atoms with E-state index in [1.807, 2.05) is 43.3 Å². The zero-order valence-electron chi connectivity index (χ0n) is 16.5. The highest BCUT2D eigenvalue weighted by atomic mass is 16.5. The summed E-state index contributed by atoms with van der Waals surface area (Å²) < 4.78 is 5.57. The second kappa shape index (κ2) is 8.25. The van der Waals surface area contributed by atoms with Crippen LogP contribution in [0.2, 0.25) is 0 Å². The summed E-state index contributed by atoms with van der Waals surface area (Å²) in [6.45, 7) is 2.36. The molecule has 5 nitrogen and oxygen atoms in total. The number of rotatable bonds is 5. The lowest BCUT2D eigenvalue weighted by molar-refractivity contribution is -0.132. The summed E-state index contributed by atoms with van der Waals surface area (Å²) in [5.41, 5.74) is 1.82. The van der Waals surface area contributed by atoms with Crippen molar-refractivity contribution in [1.29, 1.82) is 0 Å². The molecule has 1 unspecified atom stereocenters. The van der Waals surface area contributed by atoms with Crippen LogP contribution in [0.15, 0.2) is 90.5 Å². The van der Waals surface area contributed by atoms with Gasteiger partial charge in [0.1, 0.15) is 11.5 Å². The van der Waals surface area contributed by atoms with E-state index in [2.05, 4.69) is 0 Å². The second-order valence-corrected chi connectivity index (χ2v) is 6.88. The summed E-state index contributed by atoms with van der Waals surface area (Å²) in [5, 5.41) is 11.0. The second-order valence-electron chi connectivity index (χ2n) is 6.88. The number of ether oxygens (including phenoxy) is 1. The number of Topliss-reactive ketones (excluding diaryl/α,β-unsaturated/α-hetero) is 1. The lowest BCUT2D eigenvalue weighted by Crippen LogP contribution is -2.29. The quantitative estimate of drug-likeness (QED) is 0.383. The lowest BCUT2D eigenvalue weighted by Gasteiger charge is -2.25. The third kappa shape index (κ3) is 3.46. The Morgan fingerprint density at radius 2 is 1.60 bits per heavy atom. The van der Waals surface area contributed by atoms with Crippen LogP contribution in [0.25, 0.3) is 5.76 Å². The van der Waals surface area contributed by atoms with Crippen molar-refractivity contribution in [1.82, 2.24) is 0 Å². The molecule has 0 saturated carbocycles. The fraction of sp³-hybridized carbons (Fsp3) is 0.120. The van der Waals surface area contributed by atoms with Gasteiger partial charge in [0.15, 0.2) is 0 Å². The van der Waals surface area contributed by atoms with E-state index >= 15 is 0 Å². The number of nitrogens with zero attached hydrogens (tertiary/aromatic N) is 1. The number of anilines is 1. The van der Waals surface area contributed by atoms with E-state index in [1.165, 1.54) is 4.90 Å². The maximum Gasteiger partial charge on any atom is 0.300 e. The fourth-order valence-corrected chi connectivity index (χ4v) is 3.69. The normalized spacial score (nSPS) is 17.9. The third-order valence-corrected chi connectivity index (χ3v) is 5.01. The molecular weight excluding hydrogens is 378 g/mol. The predicted molar refractivity (Wildman–Crippen MR) is 115 cm³/mol. The highest BCUT2D eigenvalue weighted by Gasteiger charge is 2.46. The van der Waals surface area contributed by atoms with Gasteiger partial charge in [-0.15, -0.1) is 0 Å². The van der Waals surface area contributed by atoms with Crippen molar-refractivity contribution >= 4 is 23.1 Å². The smallest absolute Gasteiger partial charge is 0.300 e. The van der Waals surface area contributed by atoms with Crippen LogP contribution in [0.5, 0.6) is 5.75 Å². The number of amides is 1. The van der Waals surface area contributed by atoms with Gasteiger partial charge in [-0.05, 0) is 24.6 Å². The standard InChI is InChI=1S/C25H21NO4/c1-2-30-20-15-9-14-19(16-20)26-22(17-10-5-3-6-11-17)21(24(28)25(26)29)23(27)18-12-7-4-8-13-18/h3-16,22,27H,2H2,1H3/b23-21+. The molecule has 1 aliphatic heterocycles. The highest BCUT2D eigenvalue weighted by molar-refractivity contribution is 6.51. The number of carbonyl (C=O) groups is 2. The molecule has 1 heterocycles. The van der Waals surface area contributed by atoms with Gasteiger partial charge < -0.3 is 9.84 Å². The highest BCUT2D eigenvalue weighted by Crippen LogP contribution is 2.42. The number of benzene rings is 3. The molecule has 0 spiro atoms. The van der Waals surface area contributed by atoms with Gasteiger partial charge in [-0.25, -0.2) is 0 Å². The molecule has 1 aliphatic rings. The van der Waals surface area contributed by atoms with E-state index in [0.29, 0.717) is 23.6 Å². The zero-order valence-corrected chi connectivity index (χ0v) is 16.5. The van der Waals surface area contributed by atoms with Crippen molar-refractivity contribution in [2.24, 2.45) is 0 Å². The van der Waals surface area contributed by atoms with Crippen LogP contribution in [0.1, 0.15) is 24.1 Å². The minimum atomic E-state index is -0.747. The number of carbonyl (C=O) groups excluding carboxylic acids is 2. The number of hydrogen-bond acceptors (Lipinski definition) is 4. The first-order chi connectivity index (χ1) is 14.6. The van der Waals surface area contributed by atoms with E-state index in [-0.39, 0.29) is 11.3 Å². The molecule has 5 heteroatoms.